The first-order valence-corrected chi connectivity index (χ1v) is 20.7. The molecule has 0 N–H and O–H groups in total. The van der Waals surface area contributed by atoms with Crippen molar-refractivity contribution in [2.24, 2.45) is 5.92 Å². The van der Waals surface area contributed by atoms with Crippen LogP contribution in [-0.4, -0.2) is 44.9 Å². The van der Waals surface area contributed by atoms with Gasteiger partial charge in [-0.1, -0.05) is 35.4 Å². The van der Waals surface area contributed by atoms with Crippen molar-refractivity contribution < 1.29 is 13.9 Å². The topological polar surface area (TPSA) is 21.7 Å². The molecule has 1 heterocycles. The van der Waals surface area contributed by atoms with E-state index in [4.69, 9.17) is 9.47 Å². The predicted octanol–water partition coefficient (Wildman–Crippen LogP) is 9.86. The molecule has 1 saturated heterocycles. The summed E-state index contributed by atoms with van der Waals surface area (Å²) >= 11 is 0. The largest absolute Gasteiger partial charge is 0.382 e. The number of fused-ring (bicyclic) bond motifs is 1. The van der Waals surface area contributed by atoms with Gasteiger partial charge in [-0.15, -0.1) is 0 Å². The predicted molar refractivity (Wildman–Crippen MR) is 226 cm³/mol. The van der Waals surface area contributed by atoms with E-state index in [1.54, 1.807) is 122 Å². The van der Waals surface area contributed by atoms with Crippen LogP contribution >= 0.6 is 0 Å². The number of benzene rings is 9. The molecule has 0 aromatic heterocycles. The fourth-order valence-corrected chi connectivity index (χ4v) is 15.9. The maximum Gasteiger partial charge on any atom is 0.123 e. The van der Waals surface area contributed by atoms with Gasteiger partial charge < -0.3 is 9.47 Å². The molecule has 18 rings (SSSR count). The van der Waals surface area contributed by atoms with Gasteiger partial charge in [0.15, 0.2) is 0 Å². The summed E-state index contributed by atoms with van der Waals surface area (Å²) in [6.07, 6.45) is 3.13. The minimum atomic E-state index is -0.165. The van der Waals surface area contributed by atoms with Gasteiger partial charge in [-0.3, -0.25) is 4.90 Å². The third-order valence-corrected chi connectivity index (χ3v) is 17.0. The molecule has 262 valence electrons. The minimum Gasteiger partial charge on any atom is -0.382 e. The summed E-state index contributed by atoms with van der Waals surface area (Å²) in [5.74, 6) is 0.189. The fraction of sp³-hybridized carbons (Fsp3) is 0.231. The van der Waals surface area contributed by atoms with Gasteiger partial charge in [0.1, 0.15) is 5.82 Å². The Morgan fingerprint density at radius 1 is 0.607 bits per heavy atom. The second-order valence-electron chi connectivity index (χ2n) is 18.8. The molecule has 0 radical (unpaired) electrons. The third kappa shape index (κ3) is 2.31. The van der Waals surface area contributed by atoms with Gasteiger partial charge in [0.2, 0.25) is 0 Å². The van der Waals surface area contributed by atoms with Crippen molar-refractivity contribution in [1.82, 2.24) is 4.90 Å². The molecular weight excluding hydrogens is 690 g/mol. The summed E-state index contributed by atoms with van der Waals surface area (Å²) in [4.78, 5) is 2.75. The zero-order valence-electron chi connectivity index (χ0n) is 30.6. The molecule has 13 aromatic carbocycles. The van der Waals surface area contributed by atoms with Crippen molar-refractivity contribution in [2.75, 3.05) is 40.0 Å². The average molecular weight is 720 g/mol. The quantitative estimate of drug-likeness (QED) is 0.121. The van der Waals surface area contributed by atoms with E-state index < -0.39 is 0 Å². The first-order chi connectivity index (χ1) is 27.7. The first-order valence-electron chi connectivity index (χ1n) is 20.7. The van der Waals surface area contributed by atoms with Gasteiger partial charge in [-0.25, -0.2) is 4.39 Å². The molecule has 3 atom stereocenters. The van der Waals surface area contributed by atoms with Crippen LogP contribution in [-0.2, 0) is 27.7 Å². The summed E-state index contributed by atoms with van der Waals surface area (Å²) < 4.78 is 26.4. The molecule has 0 bridgehead atoms. The number of ether oxygens (including phenoxy) is 2. The Bertz CT molecular complexity index is 4090. The van der Waals surface area contributed by atoms with Crippen LogP contribution < -0.4 is 10.4 Å². The van der Waals surface area contributed by atoms with Crippen molar-refractivity contribution >= 4 is 130 Å². The second-order valence-corrected chi connectivity index (χ2v) is 18.8. The maximum atomic E-state index is 14.8. The molecule has 0 saturated carbocycles. The summed E-state index contributed by atoms with van der Waals surface area (Å²) in [6, 6.07) is 20.6. The zero-order valence-corrected chi connectivity index (χ0v) is 30.6. The zero-order chi connectivity index (χ0) is 35.6. The van der Waals surface area contributed by atoms with Crippen LogP contribution in [0.5, 0.6) is 0 Å². The van der Waals surface area contributed by atoms with Crippen molar-refractivity contribution in [3.05, 3.63) is 93.1 Å². The lowest BCUT2D eigenvalue weighted by atomic mass is 9.60. The number of likely N-dealkylation sites (tertiary alicyclic amines) is 1. The fourth-order valence-electron chi connectivity index (χ4n) is 15.9. The number of halogens is 1. The Hall–Kier alpha value is -5.39. The van der Waals surface area contributed by atoms with E-state index in [9.17, 15) is 4.39 Å². The van der Waals surface area contributed by atoms with Crippen molar-refractivity contribution in [1.29, 1.82) is 0 Å². The van der Waals surface area contributed by atoms with Crippen LogP contribution in [0.2, 0.25) is 0 Å². The number of nitrogens with zero attached hydrogens (tertiary/aromatic N) is 1. The van der Waals surface area contributed by atoms with Gasteiger partial charge in [-0.2, -0.15) is 0 Å². The van der Waals surface area contributed by atoms with E-state index in [-0.39, 0.29) is 17.3 Å². The second kappa shape index (κ2) is 7.93. The highest BCUT2D eigenvalue weighted by Gasteiger charge is 2.62. The number of hydrogen-bond acceptors (Lipinski definition) is 3. The molecular formula is C52H30FNO2. The number of rotatable bonds is 7. The SMILES string of the molecule is COCCOCCN1CC2C3=c4c5c6c7c(cc8cc9cc%10cc%11cc%12c%13c(c4c4c5c5c7c8c7c9c%10c8c%11c%13c4c8c75)=C(C3)C%12)CC62C1c1ccc(F)cc1. The molecule has 4 aliphatic carbocycles. The van der Waals surface area contributed by atoms with Gasteiger partial charge in [-0.05, 0) is 201 Å². The Kier molecular flexibility index (Phi) is 3.86. The average Bonchev–Trinajstić information content (AvgIpc) is 4.05. The lowest BCUT2D eigenvalue weighted by molar-refractivity contribution is 0.0524. The van der Waals surface area contributed by atoms with E-state index in [0.29, 0.717) is 25.7 Å². The maximum absolute atomic E-state index is 14.8. The van der Waals surface area contributed by atoms with Gasteiger partial charge in [0, 0.05) is 37.6 Å². The van der Waals surface area contributed by atoms with Crippen LogP contribution in [0.25, 0.3) is 130 Å². The summed E-state index contributed by atoms with van der Waals surface area (Å²) in [5.41, 5.74) is 9.13. The molecule has 3 nitrogen and oxygen atoms in total. The van der Waals surface area contributed by atoms with Gasteiger partial charge >= 0.3 is 0 Å². The summed E-state index contributed by atoms with van der Waals surface area (Å²) in [6.45, 7) is 3.67. The number of methoxy groups -OCH3 is 1. The van der Waals surface area contributed by atoms with E-state index >= 15 is 0 Å². The third-order valence-electron chi connectivity index (χ3n) is 17.0. The highest BCUT2D eigenvalue weighted by Crippen LogP contribution is 2.70. The molecule has 1 fully saturated rings. The van der Waals surface area contributed by atoms with Crippen molar-refractivity contribution in [2.45, 2.75) is 30.7 Å². The Labute approximate surface area is 317 Å². The molecule has 1 spiro atoms. The summed E-state index contributed by atoms with van der Waals surface area (Å²) in [5, 5.41) is 37.0. The molecule has 4 heteroatoms. The van der Waals surface area contributed by atoms with Gasteiger partial charge in [0.05, 0.1) is 19.8 Å². The highest BCUT2D eigenvalue weighted by molar-refractivity contribution is 6.63. The Morgan fingerprint density at radius 3 is 1.95 bits per heavy atom. The Morgan fingerprint density at radius 2 is 1.21 bits per heavy atom. The van der Waals surface area contributed by atoms with Crippen LogP contribution in [0.4, 0.5) is 4.39 Å². The van der Waals surface area contributed by atoms with E-state index in [1.165, 1.54) is 59.6 Å². The van der Waals surface area contributed by atoms with E-state index in [1.807, 2.05) is 0 Å². The summed E-state index contributed by atoms with van der Waals surface area (Å²) in [7, 11) is 1.74. The van der Waals surface area contributed by atoms with Crippen molar-refractivity contribution in [3.8, 4) is 0 Å². The molecule has 5 aliphatic rings. The molecule has 3 unspecified atom stereocenters. The highest BCUT2D eigenvalue weighted by atomic mass is 19.1. The van der Waals surface area contributed by atoms with Crippen LogP contribution in [0.3, 0.4) is 0 Å². The van der Waals surface area contributed by atoms with Crippen LogP contribution in [0.15, 0.2) is 54.6 Å². The molecule has 56 heavy (non-hydrogen) atoms. The smallest absolute Gasteiger partial charge is 0.123 e. The normalized spacial score (nSPS) is 23.2. The monoisotopic (exact) mass is 719 g/mol. The molecule has 13 aromatic rings. The van der Waals surface area contributed by atoms with Crippen molar-refractivity contribution in [3.63, 3.8) is 0 Å². The standard InChI is InChI=1S/C52H30FNO2/c1-55-8-9-56-7-6-54-18-29-28-16-25-14-22-12-23-11-20-10-21-13-24-15-26-17-52(29,51(54)19-2-4-27(53)5-3-19)50-36(26)41-35(24)40-31(21)30(20)38-34(23)39-32(22)33(25)42-37(28)49(50)48-46(41)44(40)43(38)45(39)47(42)48/h2-5,10-13,15,29,51H,6-9,14,16-18H2,1H3. The first kappa shape index (κ1) is 27.2. The molecule has 1 aliphatic heterocycles. The Balaban J connectivity index is 1.12. The van der Waals surface area contributed by atoms with Crippen LogP contribution in [0, 0.1) is 11.7 Å². The van der Waals surface area contributed by atoms with E-state index in [0.717, 1.165) is 32.4 Å². The van der Waals surface area contributed by atoms with Gasteiger partial charge in [0.25, 0.3) is 0 Å². The number of hydrogen-bond donors (Lipinski definition) is 0. The lowest BCUT2D eigenvalue weighted by Crippen LogP contribution is -2.44. The minimum absolute atomic E-state index is 0.106. The molecule has 0 amide bonds. The van der Waals surface area contributed by atoms with E-state index in [2.05, 4.69) is 47.4 Å². The van der Waals surface area contributed by atoms with Crippen LogP contribution in [0.1, 0.15) is 34.7 Å². The lowest BCUT2D eigenvalue weighted by Gasteiger charge is -2.43.